The van der Waals surface area contributed by atoms with Crippen LogP contribution in [-0.4, -0.2) is 26.2 Å². The largest absolute Gasteiger partial charge is 0.493 e. The van der Waals surface area contributed by atoms with E-state index in [1.165, 1.54) is 0 Å². The normalized spacial score (nSPS) is 11.3. The Bertz CT molecular complexity index is 1550. The van der Waals surface area contributed by atoms with Crippen LogP contribution in [0.4, 0.5) is 5.69 Å². The third-order valence-electron chi connectivity index (χ3n) is 5.21. The zero-order chi connectivity index (χ0) is 22.8. The number of carbonyl (C=O) groups is 1. The van der Waals surface area contributed by atoms with Crippen LogP contribution in [0, 0.1) is 0 Å². The molecule has 0 fully saturated rings. The predicted molar refractivity (Wildman–Crippen MR) is 125 cm³/mol. The average Bonchev–Trinajstić information content (AvgIpc) is 3.18. The summed E-state index contributed by atoms with van der Waals surface area (Å²) in [5.74, 6) is -1.07. The number of H-pyrrole nitrogens is 2. The molecule has 5 rings (SSSR count). The summed E-state index contributed by atoms with van der Waals surface area (Å²) < 4.78 is 0. The van der Waals surface area contributed by atoms with Crippen molar-refractivity contribution in [1.29, 1.82) is 0 Å². The van der Waals surface area contributed by atoms with Gasteiger partial charge in [0.2, 0.25) is 5.88 Å². The summed E-state index contributed by atoms with van der Waals surface area (Å²) in [6.07, 6.45) is 0. The molecule has 0 atom stereocenters. The Morgan fingerprint density at radius 2 is 1.48 bits per heavy atom. The molecule has 8 nitrogen and oxygen atoms in total. The number of amides is 1. The van der Waals surface area contributed by atoms with Crippen LogP contribution in [0.2, 0.25) is 0 Å². The van der Waals surface area contributed by atoms with Gasteiger partial charge in [-0.2, -0.15) is 5.10 Å². The number of rotatable bonds is 4. The van der Waals surface area contributed by atoms with Crippen molar-refractivity contribution in [3.05, 3.63) is 101 Å². The highest BCUT2D eigenvalue weighted by atomic mass is 16.3. The van der Waals surface area contributed by atoms with Crippen LogP contribution in [-0.2, 0) is 0 Å². The number of carbonyl (C=O) groups excluding carboxylic acids is 1. The molecule has 0 aliphatic heterocycles. The van der Waals surface area contributed by atoms with Gasteiger partial charge >= 0.3 is 5.91 Å². The minimum atomic E-state index is -0.848. The molecule has 0 aliphatic rings. The summed E-state index contributed by atoms with van der Waals surface area (Å²) in [7, 11) is 0. The molecule has 0 radical (unpaired) electrons. The Balaban J connectivity index is 1.67. The topological polar surface area (TPSA) is 124 Å². The lowest BCUT2D eigenvalue weighted by Gasteiger charge is -2.11. The van der Waals surface area contributed by atoms with Gasteiger partial charge in [-0.05, 0) is 11.6 Å². The molecule has 0 aliphatic carbocycles. The second kappa shape index (κ2) is 8.35. The molecule has 0 saturated heterocycles. The number of nitrogens with one attached hydrogen (secondary N) is 2. The summed E-state index contributed by atoms with van der Waals surface area (Å²) in [5.41, 5.74) is 2.08. The van der Waals surface area contributed by atoms with Gasteiger partial charge in [-0.1, -0.05) is 78.9 Å². The van der Waals surface area contributed by atoms with Crippen LogP contribution in [0.1, 0.15) is 10.4 Å². The lowest BCUT2D eigenvalue weighted by molar-refractivity contribution is 0.0994. The molecule has 2 heterocycles. The molecule has 0 spiro atoms. The first-order chi connectivity index (χ1) is 16.1. The fourth-order valence-corrected chi connectivity index (χ4v) is 3.70. The van der Waals surface area contributed by atoms with Crippen molar-refractivity contribution in [2.45, 2.75) is 0 Å². The van der Waals surface area contributed by atoms with Gasteiger partial charge < -0.3 is 10.1 Å². The van der Waals surface area contributed by atoms with E-state index >= 15 is 0 Å². The molecule has 160 valence electrons. The SMILES string of the molecule is O=C(N=Nc1c(O)[nH]c2ccccc12)c1c(-c2ccccc2)c(-c2ccccc2)n[nH]c1=O. The Kier molecular flexibility index (Phi) is 5.08. The van der Waals surface area contributed by atoms with Crippen molar-refractivity contribution in [2.75, 3.05) is 0 Å². The van der Waals surface area contributed by atoms with Crippen molar-refractivity contribution < 1.29 is 9.90 Å². The quantitative estimate of drug-likeness (QED) is 0.335. The third-order valence-corrected chi connectivity index (χ3v) is 5.21. The van der Waals surface area contributed by atoms with Gasteiger partial charge in [-0.25, -0.2) is 5.10 Å². The number of aromatic amines is 2. The fourth-order valence-electron chi connectivity index (χ4n) is 3.70. The summed E-state index contributed by atoms with van der Waals surface area (Å²) in [6.45, 7) is 0. The van der Waals surface area contributed by atoms with Gasteiger partial charge in [0.1, 0.15) is 5.56 Å². The van der Waals surface area contributed by atoms with Crippen LogP contribution in [0.15, 0.2) is 100.0 Å². The van der Waals surface area contributed by atoms with Crippen LogP contribution < -0.4 is 5.56 Å². The van der Waals surface area contributed by atoms with E-state index in [9.17, 15) is 14.7 Å². The summed E-state index contributed by atoms with van der Waals surface area (Å²) in [6, 6.07) is 25.4. The van der Waals surface area contributed by atoms with Crippen molar-refractivity contribution in [2.24, 2.45) is 10.2 Å². The molecule has 0 unspecified atom stereocenters. The second-order valence-corrected chi connectivity index (χ2v) is 7.26. The number of nitrogens with zero attached hydrogens (tertiary/aromatic N) is 3. The maximum atomic E-state index is 13.2. The highest BCUT2D eigenvalue weighted by Crippen LogP contribution is 2.36. The molecule has 0 saturated carbocycles. The molecular formula is C25H17N5O3. The standard InChI is InChI=1S/C25H17N5O3/c31-23-20(24(32)30-28-22-17-13-7-8-14-18(17)26-25(22)33)19(15-9-3-1-4-10-15)21(27-29-23)16-11-5-2-6-12-16/h1-14,26,33H,(H,29,31). The first-order valence-corrected chi connectivity index (χ1v) is 10.1. The van der Waals surface area contributed by atoms with Gasteiger partial charge in [0, 0.05) is 16.5 Å². The smallest absolute Gasteiger partial charge is 0.301 e. The van der Waals surface area contributed by atoms with Crippen LogP contribution in [0.3, 0.4) is 0 Å². The highest BCUT2D eigenvalue weighted by molar-refractivity contribution is 6.04. The highest BCUT2D eigenvalue weighted by Gasteiger charge is 2.23. The Labute approximate surface area is 187 Å². The average molecular weight is 435 g/mol. The monoisotopic (exact) mass is 435 g/mol. The maximum absolute atomic E-state index is 13.2. The molecule has 0 bridgehead atoms. The van der Waals surface area contributed by atoms with Gasteiger partial charge in [0.15, 0.2) is 5.69 Å². The van der Waals surface area contributed by atoms with E-state index in [1.54, 1.807) is 36.4 Å². The molecule has 1 amide bonds. The van der Waals surface area contributed by atoms with Crippen molar-refractivity contribution in [3.8, 4) is 28.3 Å². The van der Waals surface area contributed by atoms with Gasteiger partial charge in [0.25, 0.3) is 5.56 Å². The molecular weight excluding hydrogens is 418 g/mol. The van der Waals surface area contributed by atoms with E-state index in [1.807, 2.05) is 48.5 Å². The second-order valence-electron chi connectivity index (χ2n) is 7.26. The molecule has 2 aromatic heterocycles. The number of aromatic hydroxyl groups is 1. The van der Waals surface area contributed by atoms with Crippen molar-refractivity contribution in [1.82, 2.24) is 15.2 Å². The predicted octanol–water partition coefficient (Wildman–Crippen LogP) is 5.21. The van der Waals surface area contributed by atoms with E-state index < -0.39 is 11.5 Å². The Morgan fingerprint density at radius 3 is 2.21 bits per heavy atom. The Morgan fingerprint density at radius 1 is 0.848 bits per heavy atom. The van der Waals surface area contributed by atoms with E-state index in [0.29, 0.717) is 27.7 Å². The van der Waals surface area contributed by atoms with Crippen molar-refractivity contribution >= 4 is 22.5 Å². The third kappa shape index (κ3) is 3.70. The van der Waals surface area contributed by atoms with Crippen LogP contribution >= 0.6 is 0 Å². The maximum Gasteiger partial charge on any atom is 0.301 e. The van der Waals surface area contributed by atoms with E-state index in [2.05, 4.69) is 25.4 Å². The number of azo groups is 1. The van der Waals surface area contributed by atoms with Gasteiger partial charge in [0.05, 0.1) is 11.2 Å². The number of aromatic nitrogens is 3. The summed E-state index contributed by atoms with van der Waals surface area (Å²) >= 11 is 0. The van der Waals surface area contributed by atoms with E-state index in [4.69, 9.17) is 0 Å². The van der Waals surface area contributed by atoms with Crippen molar-refractivity contribution in [3.63, 3.8) is 0 Å². The number of hydrogen-bond donors (Lipinski definition) is 3. The van der Waals surface area contributed by atoms with Crippen LogP contribution in [0.5, 0.6) is 5.88 Å². The summed E-state index contributed by atoms with van der Waals surface area (Å²) in [4.78, 5) is 28.8. The van der Waals surface area contributed by atoms with Gasteiger partial charge in [-0.3, -0.25) is 9.59 Å². The zero-order valence-corrected chi connectivity index (χ0v) is 17.2. The zero-order valence-electron chi connectivity index (χ0n) is 17.2. The molecule has 8 heteroatoms. The minimum Gasteiger partial charge on any atom is -0.493 e. The number of para-hydroxylation sites is 1. The number of benzene rings is 3. The fraction of sp³-hybridized carbons (Fsp3) is 0. The van der Waals surface area contributed by atoms with E-state index in [0.717, 1.165) is 5.56 Å². The first kappa shape index (κ1) is 20.1. The lowest BCUT2D eigenvalue weighted by atomic mass is 9.95. The molecule has 3 N–H and O–H groups in total. The van der Waals surface area contributed by atoms with E-state index in [-0.39, 0.29) is 17.1 Å². The van der Waals surface area contributed by atoms with Crippen LogP contribution in [0.25, 0.3) is 33.3 Å². The molecule has 5 aromatic rings. The first-order valence-electron chi connectivity index (χ1n) is 10.1. The molecule has 3 aromatic carbocycles. The number of hydrogen-bond acceptors (Lipinski definition) is 5. The summed E-state index contributed by atoms with van der Waals surface area (Å²) in [5, 5.41) is 25.2. The Hall–Kier alpha value is -4.85. The molecule has 33 heavy (non-hydrogen) atoms. The minimum absolute atomic E-state index is 0.119. The number of fused-ring (bicyclic) bond motifs is 1. The lowest BCUT2D eigenvalue weighted by Crippen LogP contribution is -2.20. The van der Waals surface area contributed by atoms with Gasteiger partial charge in [-0.15, -0.1) is 10.2 Å².